The molecule has 0 bridgehead atoms. The Labute approximate surface area is 118 Å². The zero-order valence-corrected chi connectivity index (χ0v) is 11.5. The van der Waals surface area contributed by atoms with Crippen LogP contribution < -0.4 is 11.3 Å². The van der Waals surface area contributed by atoms with Crippen molar-refractivity contribution in [1.29, 1.82) is 0 Å². The lowest BCUT2D eigenvalue weighted by molar-refractivity contribution is 0.551. The molecule has 1 unspecified atom stereocenters. The molecule has 102 valence electrons. The molecule has 4 heteroatoms. The summed E-state index contributed by atoms with van der Waals surface area (Å²) in [6.07, 6.45) is 4.68. The molecule has 3 N–H and O–H groups in total. The molecule has 0 fully saturated rings. The normalized spacial score (nSPS) is 12.7. The average molecular weight is 266 g/mol. The minimum Gasteiger partial charge on any atom is -0.275 e. The van der Waals surface area contributed by atoms with Crippen molar-refractivity contribution in [3.63, 3.8) is 0 Å². The molecule has 3 aromatic rings. The molecule has 1 atom stereocenters. The first kappa shape index (κ1) is 12.8. The lowest BCUT2D eigenvalue weighted by atomic mass is 9.99. The molecule has 1 aromatic heterocycles. The van der Waals surface area contributed by atoms with Gasteiger partial charge in [-0.2, -0.15) is 5.10 Å². The van der Waals surface area contributed by atoms with E-state index in [-0.39, 0.29) is 6.04 Å². The fourth-order valence-electron chi connectivity index (χ4n) is 2.49. The number of hydrogen-bond acceptors (Lipinski definition) is 3. The Morgan fingerprint density at radius 2 is 2.00 bits per heavy atom. The molecule has 0 radical (unpaired) electrons. The van der Waals surface area contributed by atoms with Gasteiger partial charge < -0.3 is 0 Å². The smallest absolute Gasteiger partial charge is 0.0538 e. The predicted octanol–water partition coefficient (Wildman–Crippen LogP) is 2.32. The first-order chi connectivity index (χ1) is 9.76. The molecular formula is C16H18N4. The molecule has 0 aliphatic rings. The van der Waals surface area contributed by atoms with Crippen molar-refractivity contribution < 1.29 is 0 Å². The molecule has 0 spiro atoms. The van der Waals surface area contributed by atoms with Crippen LogP contribution >= 0.6 is 0 Å². The first-order valence-electron chi connectivity index (χ1n) is 6.68. The van der Waals surface area contributed by atoms with E-state index in [1.54, 1.807) is 4.68 Å². The summed E-state index contributed by atoms with van der Waals surface area (Å²) in [7, 11) is 1.91. The maximum atomic E-state index is 5.69. The van der Waals surface area contributed by atoms with Crippen molar-refractivity contribution in [2.45, 2.75) is 12.5 Å². The molecule has 3 rings (SSSR count). The standard InChI is InChI=1S/C16H18N4/c1-20-11-15(10-18-20)16(19-17)9-12-6-7-13-4-2-3-5-14(13)8-12/h2-8,10-11,16,19H,9,17H2,1H3. The maximum Gasteiger partial charge on any atom is 0.0538 e. The number of aryl methyl sites for hydroxylation is 1. The molecule has 2 aromatic carbocycles. The Hall–Kier alpha value is -2.17. The minimum absolute atomic E-state index is 0.0739. The van der Waals surface area contributed by atoms with E-state index in [1.165, 1.54) is 16.3 Å². The highest BCUT2D eigenvalue weighted by Crippen LogP contribution is 2.21. The number of fused-ring (bicyclic) bond motifs is 1. The van der Waals surface area contributed by atoms with Gasteiger partial charge in [-0.25, -0.2) is 0 Å². The number of nitrogens with two attached hydrogens (primary N) is 1. The number of rotatable bonds is 4. The number of aromatic nitrogens is 2. The van der Waals surface area contributed by atoms with Crippen LogP contribution in [-0.2, 0) is 13.5 Å². The molecule has 20 heavy (non-hydrogen) atoms. The second kappa shape index (κ2) is 5.45. The van der Waals surface area contributed by atoms with Gasteiger partial charge in [0.15, 0.2) is 0 Å². The van der Waals surface area contributed by atoms with Crippen LogP contribution in [0.4, 0.5) is 0 Å². The summed E-state index contributed by atoms with van der Waals surface area (Å²) < 4.78 is 1.79. The third kappa shape index (κ3) is 2.57. The number of hydrazine groups is 1. The highest BCUT2D eigenvalue weighted by molar-refractivity contribution is 5.83. The summed E-state index contributed by atoms with van der Waals surface area (Å²) >= 11 is 0. The van der Waals surface area contributed by atoms with E-state index in [0.717, 1.165) is 12.0 Å². The fraction of sp³-hybridized carbons (Fsp3) is 0.188. The molecule has 0 aliphatic heterocycles. The van der Waals surface area contributed by atoms with Gasteiger partial charge in [0.25, 0.3) is 0 Å². The molecule has 4 nitrogen and oxygen atoms in total. The lowest BCUT2D eigenvalue weighted by Gasteiger charge is -2.14. The summed E-state index contributed by atoms with van der Waals surface area (Å²) in [5, 5.41) is 6.71. The Morgan fingerprint density at radius 3 is 2.70 bits per heavy atom. The number of hydrogen-bond donors (Lipinski definition) is 2. The van der Waals surface area contributed by atoms with Gasteiger partial charge in [0.05, 0.1) is 12.2 Å². The third-order valence-corrected chi connectivity index (χ3v) is 3.58. The topological polar surface area (TPSA) is 55.9 Å². The SMILES string of the molecule is Cn1cc(C(Cc2ccc3ccccc3c2)NN)cn1. The van der Waals surface area contributed by atoms with E-state index >= 15 is 0 Å². The predicted molar refractivity (Wildman–Crippen MR) is 80.9 cm³/mol. The van der Waals surface area contributed by atoms with Crippen LogP contribution in [0.25, 0.3) is 10.8 Å². The van der Waals surface area contributed by atoms with Crippen molar-refractivity contribution in [3.05, 3.63) is 66.0 Å². The van der Waals surface area contributed by atoms with Crippen molar-refractivity contribution in [2.75, 3.05) is 0 Å². The fourth-order valence-corrected chi connectivity index (χ4v) is 2.49. The lowest BCUT2D eigenvalue weighted by Crippen LogP contribution is -2.29. The van der Waals surface area contributed by atoms with E-state index in [4.69, 9.17) is 5.84 Å². The van der Waals surface area contributed by atoms with Crippen molar-refractivity contribution in [1.82, 2.24) is 15.2 Å². The van der Waals surface area contributed by atoms with Crippen LogP contribution in [0.1, 0.15) is 17.2 Å². The van der Waals surface area contributed by atoms with Crippen LogP contribution in [-0.4, -0.2) is 9.78 Å². The first-order valence-corrected chi connectivity index (χ1v) is 6.68. The van der Waals surface area contributed by atoms with Gasteiger partial charge in [0.1, 0.15) is 0 Å². The van der Waals surface area contributed by atoms with E-state index in [1.807, 2.05) is 19.4 Å². The zero-order valence-electron chi connectivity index (χ0n) is 11.5. The molecule has 0 saturated carbocycles. The minimum atomic E-state index is 0.0739. The summed E-state index contributed by atoms with van der Waals surface area (Å²) in [5.41, 5.74) is 5.23. The Morgan fingerprint density at radius 1 is 1.20 bits per heavy atom. The van der Waals surface area contributed by atoms with Crippen LogP contribution in [0.5, 0.6) is 0 Å². The quantitative estimate of drug-likeness (QED) is 0.563. The summed E-state index contributed by atoms with van der Waals surface area (Å²) in [5.74, 6) is 5.69. The number of nitrogens with zero attached hydrogens (tertiary/aromatic N) is 2. The van der Waals surface area contributed by atoms with Gasteiger partial charge >= 0.3 is 0 Å². The zero-order chi connectivity index (χ0) is 13.9. The third-order valence-electron chi connectivity index (χ3n) is 3.58. The van der Waals surface area contributed by atoms with Crippen molar-refractivity contribution >= 4 is 10.8 Å². The van der Waals surface area contributed by atoms with Crippen LogP contribution in [0.15, 0.2) is 54.9 Å². The highest BCUT2D eigenvalue weighted by Gasteiger charge is 2.12. The molecule has 1 heterocycles. The number of nitrogens with one attached hydrogen (secondary N) is 1. The summed E-state index contributed by atoms with van der Waals surface area (Å²) in [4.78, 5) is 0. The largest absolute Gasteiger partial charge is 0.275 e. The highest BCUT2D eigenvalue weighted by atomic mass is 15.3. The number of benzene rings is 2. The van der Waals surface area contributed by atoms with E-state index in [9.17, 15) is 0 Å². The van der Waals surface area contributed by atoms with Crippen molar-refractivity contribution in [2.24, 2.45) is 12.9 Å². The van der Waals surface area contributed by atoms with Crippen LogP contribution in [0.3, 0.4) is 0 Å². The van der Waals surface area contributed by atoms with Crippen LogP contribution in [0, 0.1) is 0 Å². The second-order valence-electron chi connectivity index (χ2n) is 5.05. The molecule has 0 saturated heterocycles. The van der Waals surface area contributed by atoms with Gasteiger partial charge in [-0.1, -0.05) is 42.5 Å². The van der Waals surface area contributed by atoms with Gasteiger partial charge in [-0.05, 0) is 22.8 Å². The Bertz CT molecular complexity index is 717. The Kier molecular flexibility index (Phi) is 3.50. The van der Waals surface area contributed by atoms with Gasteiger partial charge in [-0.3, -0.25) is 16.0 Å². The molecule has 0 amide bonds. The van der Waals surface area contributed by atoms with Gasteiger partial charge in [0, 0.05) is 18.8 Å². The monoisotopic (exact) mass is 266 g/mol. The average Bonchev–Trinajstić information content (AvgIpc) is 2.91. The van der Waals surface area contributed by atoms with E-state index in [0.29, 0.717) is 0 Å². The second-order valence-corrected chi connectivity index (χ2v) is 5.05. The Balaban J connectivity index is 1.87. The summed E-state index contributed by atoms with van der Waals surface area (Å²) in [6, 6.07) is 15.0. The van der Waals surface area contributed by atoms with Crippen LogP contribution in [0.2, 0.25) is 0 Å². The maximum absolute atomic E-state index is 5.69. The summed E-state index contributed by atoms with van der Waals surface area (Å²) in [6.45, 7) is 0. The van der Waals surface area contributed by atoms with Crippen molar-refractivity contribution in [3.8, 4) is 0 Å². The molecule has 0 aliphatic carbocycles. The van der Waals surface area contributed by atoms with Gasteiger partial charge in [-0.15, -0.1) is 0 Å². The van der Waals surface area contributed by atoms with E-state index < -0.39 is 0 Å². The molecular weight excluding hydrogens is 248 g/mol. The van der Waals surface area contributed by atoms with E-state index in [2.05, 4.69) is 53.0 Å². The van der Waals surface area contributed by atoms with Gasteiger partial charge in [0.2, 0.25) is 0 Å².